The third kappa shape index (κ3) is 3.24. The normalized spacial score (nSPS) is 10.8. The molecule has 0 bridgehead atoms. The molecule has 0 fully saturated rings. The van der Waals surface area contributed by atoms with E-state index in [9.17, 15) is 0 Å². The average Bonchev–Trinajstić information content (AvgIpc) is 2.46. The van der Waals surface area contributed by atoms with E-state index in [4.69, 9.17) is 4.74 Å². The molecule has 0 spiro atoms. The molecule has 0 atom stereocenters. The molecule has 2 aromatic rings. The lowest BCUT2D eigenvalue weighted by Gasteiger charge is -2.00. The second-order valence-electron chi connectivity index (χ2n) is 4.21. The van der Waals surface area contributed by atoms with Crippen LogP contribution in [-0.2, 0) is 6.42 Å². The van der Waals surface area contributed by atoms with Gasteiger partial charge in [0.15, 0.2) is 0 Å². The van der Waals surface area contributed by atoms with Crippen molar-refractivity contribution in [2.45, 2.75) is 13.3 Å². The Bertz CT molecular complexity index is 524. The van der Waals surface area contributed by atoms with Crippen LogP contribution in [0.4, 0.5) is 0 Å². The van der Waals surface area contributed by atoms with Gasteiger partial charge in [0, 0.05) is 0 Å². The number of aryl methyl sites for hydroxylation is 1. The minimum Gasteiger partial charge on any atom is -0.497 e. The third-order valence-electron chi connectivity index (χ3n) is 2.94. The topological polar surface area (TPSA) is 9.23 Å². The highest BCUT2D eigenvalue weighted by molar-refractivity contribution is 5.70. The fourth-order valence-electron chi connectivity index (χ4n) is 1.82. The molecule has 2 aromatic carbocycles. The van der Waals surface area contributed by atoms with E-state index in [-0.39, 0.29) is 0 Å². The monoisotopic (exact) mass is 238 g/mol. The highest BCUT2D eigenvalue weighted by Gasteiger charge is 1.92. The Morgan fingerprint density at radius 1 is 0.944 bits per heavy atom. The first-order valence-electron chi connectivity index (χ1n) is 6.23. The number of methoxy groups -OCH3 is 1. The molecule has 0 saturated carbocycles. The molecule has 0 aliphatic rings. The van der Waals surface area contributed by atoms with Gasteiger partial charge in [0.25, 0.3) is 0 Å². The predicted molar refractivity (Wildman–Crippen MR) is 77.7 cm³/mol. The third-order valence-corrected chi connectivity index (χ3v) is 2.94. The average molecular weight is 238 g/mol. The van der Waals surface area contributed by atoms with E-state index in [1.165, 1.54) is 16.7 Å². The number of benzene rings is 2. The number of ether oxygens (including phenoxy) is 1. The summed E-state index contributed by atoms with van der Waals surface area (Å²) >= 11 is 0. The predicted octanol–water partition coefficient (Wildman–Crippen LogP) is 4.43. The molecule has 2 rings (SSSR count). The van der Waals surface area contributed by atoms with E-state index >= 15 is 0 Å². The van der Waals surface area contributed by atoms with Crippen LogP contribution >= 0.6 is 0 Å². The maximum atomic E-state index is 5.14. The zero-order valence-corrected chi connectivity index (χ0v) is 10.9. The lowest BCUT2D eigenvalue weighted by Crippen LogP contribution is -1.82. The van der Waals surface area contributed by atoms with E-state index in [1.54, 1.807) is 7.11 Å². The Kier molecular flexibility index (Phi) is 4.19. The van der Waals surface area contributed by atoms with E-state index in [0.717, 1.165) is 12.2 Å². The van der Waals surface area contributed by atoms with Crippen LogP contribution in [0.5, 0.6) is 5.75 Å². The van der Waals surface area contributed by atoms with Crippen LogP contribution in [-0.4, -0.2) is 7.11 Å². The van der Waals surface area contributed by atoms with Crippen molar-refractivity contribution < 1.29 is 4.74 Å². The first kappa shape index (κ1) is 12.4. The van der Waals surface area contributed by atoms with Crippen LogP contribution < -0.4 is 4.74 Å². The summed E-state index contributed by atoms with van der Waals surface area (Å²) in [5.41, 5.74) is 3.79. The van der Waals surface area contributed by atoms with Crippen molar-refractivity contribution >= 4 is 12.2 Å². The fraction of sp³-hybridized carbons (Fsp3) is 0.176. The summed E-state index contributed by atoms with van der Waals surface area (Å²) in [5.74, 6) is 0.889. The minimum atomic E-state index is 0.889. The molecule has 92 valence electrons. The van der Waals surface area contributed by atoms with Gasteiger partial charge in [0.05, 0.1) is 7.11 Å². The molecule has 0 aliphatic heterocycles. The van der Waals surface area contributed by atoms with Crippen molar-refractivity contribution in [3.8, 4) is 5.75 Å². The molecule has 18 heavy (non-hydrogen) atoms. The summed E-state index contributed by atoms with van der Waals surface area (Å²) in [6, 6.07) is 16.7. The van der Waals surface area contributed by atoms with Crippen molar-refractivity contribution in [3.05, 3.63) is 65.2 Å². The van der Waals surface area contributed by atoms with Crippen molar-refractivity contribution in [1.29, 1.82) is 0 Å². The maximum Gasteiger partial charge on any atom is 0.118 e. The molecule has 1 nitrogen and oxygen atoms in total. The second kappa shape index (κ2) is 6.06. The second-order valence-corrected chi connectivity index (χ2v) is 4.21. The van der Waals surface area contributed by atoms with Gasteiger partial charge in [0.1, 0.15) is 5.75 Å². The first-order valence-corrected chi connectivity index (χ1v) is 6.23. The molecule has 0 amide bonds. The lowest BCUT2D eigenvalue weighted by molar-refractivity contribution is 0.415. The van der Waals surface area contributed by atoms with Gasteiger partial charge in [-0.2, -0.15) is 0 Å². The first-order chi connectivity index (χ1) is 8.81. The minimum absolute atomic E-state index is 0.889. The molecule has 0 radical (unpaired) electrons. The van der Waals surface area contributed by atoms with E-state index in [1.807, 2.05) is 12.1 Å². The Hall–Kier alpha value is -2.02. The van der Waals surface area contributed by atoms with Gasteiger partial charge in [-0.05, 0) is 35.2 Å². The molecule has 0 aromatic heterocycles. The molecular formula is C17H18O. The highest BCUT2D eigenvalue weighted by Crippen LogP contribution is 2.14. The van der Waals surface area contributed by atoms with Gasteiger partial charge >= 0.3 is 0 Å². The largest absolute Gasteiger partial charge is 0.497 e. The Morgan fingerprint density at radius 2 is 1.67 bits per heavy atom. The summed E-state index contributed by atoms with van der Waals surface area (Å²) in [6.07, 6.45) is 5.33. The van der Waals surface area contributed by atoms with Gasteiger partial charge in [-0.1, -0.05) is 55.5 Å². The van der Waals surface area contributed by atoms with Crippen LogP contribution in [0.15, 0.2) is 48.5 Å². The quantitative estimate of drug-likeness (QED) is 0.716. The number of rotatable bonds is 4. The van der Waals surface area contributed by atoms with Crippen molar-refractivity contribution in [2.75, 3.05) is 7.11 Å². The van der Waals surface area contributed by atoms with Crippen LogP contribution in [0, 0.1) is 0 Å². The zero-order valence-electron chi connectivity index (χ0n) is 10.9. The fourth-order valence-corrected chi connectivity index (χ4v) is 1.82. The molecule has 0 heterocycles. The zero-order chi connectivity index (χ0) is 12.8. The van der Waals surface area contributed by atoms with Crippen LogP contribution in [0.2, 0.25) is 0 Å². The Balaban J connectivity index is 2.13. The Labute approximate surface area is 109 Å². The smallest absolute Gasteiger partial charge is 0.118 e. The van der Waals surface area contributed by atoms with Gasteiger partial charge < -0.3 is 4.74 Å². The van der Waals surface area contributed by atoms with E-state index in [2.05, 4.69) is 55.5 Å². The van der Waals surface area contributed by atoms with E-state index < -0.39 is 0 Å². The summed E-state index contributed by atoms with van der Waals surface area (Å²) in [4.78, 5) is 0. The van der Waals surface area contributed by atoms with Gasteiger partial charge in [-0.3, -0.25) is 0 Å². The lowest BCUT2D eigenvalue weighted by atomic mass is 10.1. The highest BCUT2D eigenvalue weighted by atomic mass is 16.5. The molecule has 0 N–H and O–H groups in total. The summed E-state index contributed by atoms with van der Waals surface area (Å²) in [5, 5.41) is 0. The van der Waals surface area contributed by atoms with Crippen molar-refractivity contribution in [1.82, 2.24) is 0 Å². The van der Waals surface area contributed by atoms with E-state index in [0.29, 0.717) is 0 Å². The summed E-state index contributed by atoms with van der Waals surface area (Å²) in [7, 11) is 1.68. The standard InChI is InChI=1S/C17H18O/c1-3-14-5-4-6-16(13-14)8-7-15-9-11-17(18-2)12-10-15/h4-13H,3H2,1-2H3/b8-7+. The van der Waals surface area contributed by atoms with Crippen LogP contribution in [0.3, 0.4) is 0 Å². The molecule has 1 heteroatoms. The SMILES string of the molecule is CCc1cccc(/C=C/c2ccc(OC)cc2)c1. The molecule has 0 saturated heterocycles. The molecule has 0 unspecified atom stereocenters. The summed E-state index contributed by atoms with van der Waals surface area (Å²) in [6.45, 7) is 2.17. The van der Waals surface area contributed by atoms with Crippen LogP contribution in [0.1, 0.15) is 23.6 Å². The van der Waals surface area contributed by atoms with Gasteiger partial charge in [0.2, 0.25) is 0 Å². The maximum absolute atomic E-state index is 5.14. The van der Waals surface area contributed by atoms with Gasteiger partial charge in [-0.25, -0.2) is 0 Å². The van der Waals surface area contributed by atoms with Gasteiger partial charge in [-0.15, -0.1) is 0 Å². The van der Waals surface area contributed by atoms with Crippen LogP contribution in [0.25, 0.3) is 12.2 Å². The van der Waals surface area contributed by atoms with Crippen molar-refractivity contribution in [2.24, 2.45) is 0 Å². The Morgan fingerprint density at radius 3 is 2.33 bits per heavy atom. The molecular weight excluding hydrogens is 220 g/mol. The number of hydrogen-bond acceptors (Lipinski definition) is 1. The summed E-state index contributed by atoms with van der Waals surface area (Å²) < 4.78 is 5.14. The number of hydrogen-bond donors (Lipinski definition) is 0. The molecule has 0 aliphatic carbocycles. The van der Waals surface area contributed by atoms with Crippen molar-refractivity contribution in [3.63, 3.8) is 0 Å².